The Hall–Kier alpha value is -2.55. The molecule has 3 aromatic rings. The molecule has 1 heterocycles. The molecule has 0 saturated heterocycles. The summed E-state index contributed by atoms with van der Waals surface area (Å²) in [6.45, 7) is -0.301. The Kier molecular flexibility index (Phi) is 8.85. The highest BCUT2D eigenvalue weighted by Gasteiger charge is 2.34. The minimum Gasteiger partial charge on any atom is -0.750 e. The average Bonchev–Trinajstić information content (AvgIpc) is 2.81. The van der Waals surface area contributed by atoms with E-state index in [1.807, 2.05) is 0 Å². The molecule has 1 aromatic heterocycles. The van der Waals surface area contributed by atoms with Crippen molar-refractivity contribution in [3.05, 3.63) is 88.6 Å². The number of hydrogen-bond acceptors (Lipinski definition) is 7. The number of alkyl halides is 3. The van der Waals surface area contributed by atoms with Crippen molar-refractivity contribution in [1.29, 1.82) is 0 Å². The number of rotatable bonds is 10. The van der Waals surface area contributed by atoms with Crippen LogP contribution in [0.2, 0.25) is 5.02 Å². The fourth-order valence-electron chi connectivity index (χ4n) is 2.98. The highest BCUT2D eigenvalue weighted by Crippen LogP contribution is 2.35. The molecule has 1 atom stereocenters. The number of halogens is 4. The lowest BCUT2D eigenvalue weighted by Crippen LogP contribution is -2.32. The zero-order valence-electron chi connectivity index (χ0n) is 17.7. The Bertz CT molecular complexity index is 1280. The summed E-state index contributed by atoms with van der Waals surface area (Å²) in [5.41, 5.74) is 0.0832. The zero-order chi connectivity index (χ0) is 25.6. The molecule has 3 rings (SSSR count). The smallest absolute Gasteiger partial charge is 0.417 e. The van der Waals surface area contributed by atoms with Crippen LogP contribution >= 0.6 is 11.6 Å². The number of nitrogens with one attached hydrogen (secondary N) is 1. The van der Waals surface area contributed by atoms with Gasteiger partial charge in [0.25, 0.3) is 10.0 Å². The molecule has 2 aromatic carbocycles. The molecule has 0 amide bonds. The average molecular weight is 549 g/mol. The highest BCUT2D eigenvalue weighted by atomic mass is 35.5. The van der Waals surface area contributed by atoms with Gasteiger partial charge in [-0.05, 0) is 29.3 Å². The fourth-order valence-corrected chi connectivity index (χ4v) is 4.91. The second-order valence-electron chi connectivity index (χ2n) is 7.06. The normalized spacial score (nSPS) is 12.9. The summed E-state index contributed by atoms with van der Waals surface area (Å²) in [5, 5.41) is 2.23. The van der Waals surface area contributed by atoms with E-state index in [9.17, 15) is 30.4 Å². The van der Waals surface area contributed by atoms with Crippen molar-refractivity contribution in [3.8, 4) is 0 Å². The number of aromatic nitrogens is 1. The van der Waals surface area contributed by atoms with Crippen LogP contribution in [0, 0.1) is 0 Å². The Morgan fingerprint density at radius 2 is 1.74 bits per heavy atom. The second-order valence-corrected chi connectivity index (χ2v) is 9.97. The van der Waals surface area contributed by atoms with Gasteiger partial charge in [0.2, 0.25) is 0 Å². The number of pyridine rings is 1. The Morgan fingerprint density at radius 1 is 1.09 bits per heavy atom. The monoisotopic (exact) mass is 548 g/mol. The van der Waals surface area contributed by atoms with Crippen LogP contribution in [0.1, 0.15) is 16.7 Å². The van der Waals surface area contributed by atoms with Gasteiger partial charge in [-0.1, -0.05) is 54.1 Å². The van der Waals surface area contributed by atoms with Crippen molar-refractivity contribution in [2.24, 2.45) is 0 Å². The second kappa shape index (κ2) is 11.5. The van der Waals surface area contributed by atoms with Gasteiger partial charge >= 0.3 is 6.18 Å². The highest BCUT2D eigenvalue weighted by molar-refractivity contribution is 7.92. The largest absolute Gasteiger partial charge is 0.750 e. The quantitative estimate of drug-likeness (QED) is 0.231. The predicted octanol–water partition coefficient (Wildman–Crippen LogP) is 4.01. The molecule has 188 valence electrons. The fraction of sp³-hybridized carbons (Fsp3) is 0.190. The molecule has 0 saturated carbocycles. The summed E-state index contributed by atoms with van der Waals surface area (Å²) in [4.78, 5) is 3.59. The molecule has 0 radical (unpaired) electrons. The zero-order valence-corrected chi connectivity index (χ0v) is 20.1. The first kappa shape index (κ1) is 27.0. The molecular formula is C21H18ClF3N3O5S2-. The maximum absolute atomic E-state index is 13.5. The Morgan fingerprint density at radius 3 is 2.31 bits per heavy atom. The molecule has 0 aliphatic heterocycles. The van der Waals surface area contributed by atoms with Gasteiger partial charge in [-0.15, -0.1) is 0 Å². The Balaban J connectivity index is 1.93. The number of nitrogens with zero attached hydrogens (tertiary/aromatic N) is 2. The van der Waals surface area contributed by atoms with E-state index in [2.05, 4.69) is 14.5 Å². The predicted molar refractivity (Wildman–Crippen MR) is 122 cm³/mol. The van der Waals surface area contributed by atoms with Gasteiger partial charge in [0, 0.05) is 12.7 Å². The Labute approximate surface area is 207 Å². The molecule has 0 bridgehead atoms. The van der Waals surface area contributed by atoms with E-state index in [4.69, 9.17) is 11.6 Å². The first-order valence-corrected chi connectivity index (χ1v) is 12.6. The first-order valence-electron chi connectivity index (χ1n) is 9.80. The third-order valence-electron chi connectivity index (χ3n) is 4.65. The van der Waals surface area contributed by atoms with Crippen LogP contribution < -0.4 is 9.62 Å². The van der Waals surface area contributed by atoms with E-state index >= 15 is 0 Å². The van der Waals surface area contributed by atoms with Crippen molar-refractivity contribution in [2.75, 3.05) is 11.0 Å². The van der Waals surface area contributed by atoms with Gasteiger partial charge < -0.3 is 4.55 Å². The van der Waals surface area contributed by atoms with E-state index in [0.717, 1.165) is 4.31 Å². The standard InChI is InChI=1S/C21H19ClF3N3O5S2/c22-19-10-17(21(23,24)25)12-27-20(19)28(13-16-4-2-1-3-5-16)35(31,32)18-8-6-15(7-9-18)11-26-14-33-34(29)30/h1-10,12,26H,11,13-14H2,(H,29,30)/p-1. The van der Waals surface area contributed by atoms with Gasteiger partial charge in [-0.25, -0.2) is 21.9 Å². The lowest BCUT2D eigenvalue weighted by molar-refractivity contribution is -0.137. The van der Waals surface area contributed by atoms with Crippen molar-refractivity contribution in [1.82, 2.24) is 10.3 Å². The summed E-state index contributed by atoms with van der Waals surface area (Å²) in [7, 11) is -4.30. The molecule has 0 fully saturated rings. The molecule has 1 unspecified atom stereocenters. The maximum Gasteiger partial charge on any atom is 0.417 e. The van der Waals surface area contributed by atoms with Gasteiger partial charge in [-0.2, -0.15) is 13.2 Å². The lowest BCUT2D eigenvalue weighted by Gasteiger charge is -2.25. The SMILES string of the molecule is O=S([O-])OCNCc1ccc(S(=O)(=O)N(Cc2ccccc2)c2ncc(C(F)(F)F)cc2Cl)cc1. The molecular weight excluding hydrogens is 531 g/mol. The molecule has 1 N–H and O–H groups in total. The van der Waals surface area contributed by atoms with E-state index < -0.39 is 38.1 Å². The number of benzene rings is 2. The molecule has 0 aliphatic rings. The van der Waals surface area contributed by atoms with Crippen LogP contribution in [0.15, 0.2) is 71.8 Å². The van der Waals surface area contributed by atoms with Gasteiger partial charge in [-0.3, -0.25) is 9.50 Å². The molecule has 0 spiro atoms. The van der Waals surface area contributed by atoms with Gasteiger partial charge in [0.15, 0.2) is 5.82 Å². The van der Waals surface area contributed by atoms with Crippen LogP contribution in [0.5, 0.6) is 0 Å². The van der Waals surface area contributed by atoms with Crippen molar-refractivity contribution >= 4 is 38.8 Å². The molecule has 35 heavy (non-hydrogen) atoms. The van der Waals surface area contributed by atoms with Crippen LogP contribution in [0.25, 0.3) is 0 Å². The van der Waals surface area contributed by atoms with Gasteiger partial charge in [0.05, 0.1) is 33.4 Å². The van der Waals surface area contributed by atoms with Gasteiger partial charge in [0.1, 0.15) is 6.73 Å². The number of hydrogen-bond donors (Lipinski definition) is 1. The van der Waals surface area contributed by atoms with Crippen LogP contribution in [-0.2, 0) is 44.8 Å². The summed E-state index contributed by atoms with van der Waals surface area (Å²) in [5.74, 6) is -0.350. The maximum atomic E-state index is 13.5. The minimum atomic E-state index is -4.70. The third-order valence-corrected chi connectivity index (χ3v) is 6.99. The lowest BCUT2D eigenvalue weighted by atomic mass is 10.2. The van der Waals surface area contributed by atoms with Crippen molar-refractivity contribution in [3.63, 3.8) is 0 Å². The summed E-state index contributed by atoms with van der Waals surface area (Å²) in [6, 6.07) is 14.7. The van der Waals surface area contributed by atoms with E-state index in [1.54, 1.807) is 30.3 Å². The van der Waals surface area contributed by atoms with Crippen LogP contribution in [-0.4, -0.2) is 28.9 Å². The first-order chi connectivity index (χ1) is 16.5. The molecule has 14 heteroatoms. The van der Waals surface area contributed by atoms with Crippen molar-refractivity contribution in [2.45, 2.75) is 24.2 Å². The van der Waals surface area contributed by atoms with Crippen LogP contribution in [0.3, 0.4) is 0 Å². The molecule has 0 aliphatic carbocycles. The molecule has 8 nitrogen and oxygen atoms in total. The number of sulfonamides is 1. The summed E-state index contributed by atoms with van der Waals surface area (Å²) in [6.07, 6.45) is -4.17. The van der Waals surface area contributed by atoms with E-state index in [0.29, 0.717) is 23.4 Å². The third kappa shape index (κ3) is 7.22. The topological polar surface area (TPSA) is 112 Å². The summed E-state index contributed by atoms with van der Waals surface area (Å²) < 4.78 is 92.1. The minimum absolute atomic E-state index is 0.146. The summed E-state index contributed by atoms with van der Waals surface area (Å²) >= 11 is 3.41. The van der Waals surface area contributed by atoms with E-state index in [-0.39, 0.29) is 30.5 Å². The van der Waals surface area contributed by atoms with Crippen LogP contribution in [0.4, 0.5) is 19.0 Å². The van der Waals surface area contributed by atoms with Crippen molar-refractivity contribution < 1.29 is 34.5 Å². The van der Waals surface area contributed by atoms with E-state index in [1.165, 1.54) is 24.3 Å². The number of anilines is 1.